The number of hydrogen-bond donors (Lipinski definition) is 4. The van der Waals surface area contributed by atoms with Crippen molar-refractivity contribution >= 4 is 29.5 Å². The normalized spacial score (nSPS) is 17.9. The van der Waals surface area contributed by atoms with Gasteiger partial charge in [-0.05, 0) is 11.3 Å². The third kappa shape index (κ3) is 2.52. The fourth-order valence-corrected chi connectivity index (χ4v) is 1.91. The molecule has 0 fully saturated rings. The predicted octanol–water partition coefficient (Wildman–Crippen LogP) is 0.238. The van der Waals surface area contributed by atoms with Gasteiger partial charge in [-0.3, -0.25) is 10.6 Å². The Hall–Kier alpha value is -2.68. The molecular formula is C10H10ClN9. The van der Waals surface area contributed by atoms with E-state index in [0.29, 0.717) is 11.0 Å². The summed E-state index contributed by atoms with van der Waals surface area (Å²) in [5, 5.41) is 19.5. The molecule has 0 aliphatic carbocycles. The van der Waals surface area contributed by atoms with Crippen LogP contribution in [0.1, 0.15) is 11.7 Å². The Morgan fingerprint density at radius 1 is 1.25 bits per heavy atom. The van der Waals surface area contributed by atoms with Gasteiger partial charge >= 0.3 is 0 Å². The molecule has 0 spiro atoms. The van der Waals surface area contributed by atoms with Crippen molar-refractivity contribution in [2.75, 3.05) is 5.32 Å². The summed E-state index contributed by atoms with van der Waals surface area (Å²) in [4.78, 5) is 8.56. The van der Waals surface area contributed by atoms with Gasteiger partial charge in [0.1, 0.15) is 0 Å². The predicted molar refractivity (Wildman–Crippen MR) is 74.2 cm³/mol. The molecule has 1 atom stereocenters. The van der Waals surface area contributed by atoms with E-state index in [0.717, 1.165) is 5.56 Å². The highest BCUT2D eigenvalue weighted by Gasteiger charge is 2.19. The zero-order chi connectivity index (χ0) is 13.9. The molecule has 0 radical (unpaired) electrons. The molecule has 10 heteroatoms. The quantitative estimate of drug-likeness (QED) is 0.627. The van der Waals surface area contributed by atoms with Crippen LogP contribution in [0.25, 0.3) is 0 Å². The smallest absolute Gasteiger partial charge is 0.269 e. The van der Waals surface area contributed by atoms with Crippen LogP contribution in [0.3, 0.4) is 0 Å². The fourth-order valence-electron chi connectivity index (χ4n) is 1.68. The van der Waals surface area contributed by atoms with E-state index in [-0.39, 0.29) is 11.9 Å². The van der Waals surface area contributed by atoms with Crippen LogP contribution in [0, 0.1) is 0 Å². The Balaban J connectivity index is 1.88. The maximum atomic E-state index is 6.14. The average Bonchev–Trinajstić information content (AvgIpc) is 2.91. The number of rotatable bonds is 2. The topological polar surface area (TPSA) is 129 Å². The monoisotopic (exact) mass is 291 g/mol. The van der Waals surface area contributed by atoms with Crippen LogP contribution in [0.2, 0.25) is 5.02 Å². The van der Waals surface area contributed by atoms with Crippen LogP contribution in [-0.4, -0.2) is 32.5 Å². The molecule has 5 N–H and O–H groups in total. The molecule has 0 saturated heterocycles. The van der Waals surface area contributed by atoms with Crippen molar-refractivity contribution in [3.05, 3.63) is 34.9 Å². The van der Waals surface area contributed by atoms with Gasteiger partial charge in [-0.25, -0.2) is 9.98 Å². The lowest BCUT2D eigenvalue weighted by molar-refractivity contribution is 0.750. The molecule has 3 rings (SSSR count). The second-order valence-electron chi connectivity index (χ2n) is 3.87. The van der Waals surface area contributed by atoms with Crippen LogP contribution in [-0.2, 0) is 0 Å². The van der Waals surface area contributed by atoms with Crippen LogP contribution in [0.5, 0.6) is 0 Å². The first-order valence-electron chi connectivity index (χ1n) is 5.65. The van der Waals surface area contributed by atoms with Gasteiger partial charge in [-0.2, -0.15) is 5.21 Å². The minimum Gasteiger partial charge on any atom is -0.370 e. The lowest BCUT2D eigenvalue weighted by Crippen LogP contribution is -2.43. The SMILES string of the molecule is NC1=NC(c2ccccc2Cl)N=C(Nc2nn[nH]n2)N1. The summed E-state index contributed by atoms with van der Waals surface area (Å²) in [5.41, 5.74) is 6.50. The van der Waals surface area contributed by atoms with Gasteiger partial charge in [-0.1, -0.05) is 34.9 Å². The molecule has 1 aromatic carbocycles. The number of halogens is 1. The fraction of sp³-hybridized carbons (Fsp3) is 0.100. The number of H-pyrrole nitrogens is 1. The number of nitrogens with zero attached hydrogens (tertiary/aromatic N) is 5. The van der Waals surface area contributed by atoms with Crippen LogP contribution >= 0.6 is 11.6 Å². The van der Waals surface area contributed by atoms with Gasteiger partial charge in [-0.15, -0.1) is 5.10 Å². The van der Waals surface area contributed by atoms with Crippen molar-refractivity contribution < 1.29 is 0 Å². The van der Waals surface area contributed by atoms with Gasteiger partial charge in [0.15, 0.2) is 12.1 Å². The van der Waals surface area contributed by atoms with Crippen molar-refractivity contribution in [3.63, 3.8) is 0 Å². The van der Waals surface area contributed by atoms with Crippen molar-refractivity contribution in [1.82, 2.24) is 25.9 Å². The van der Waals surface area contributed by atoms with Crippen LogP contribution < -0.4 is 16.4 Å². The Labute approximate surface area is 118 Å². The summed E-state index contributed by atoms with van der Waals surface area (Å²) in [7, 11) is 0. The largest absolute Gasteiger partial charge is 0.370 e. The highest BCUT2D eigenvalue weighted by Crippen LogP contribution is 2.27. The Bertz CT molecular complexity index is 663. The van der Waals surface area contributed by atoms with E-state index >= 15 is 0 Å². The summed E-state index contributed by atoms with van der Waals surface area (Å²) in [6, 6.07) is 7.30. The van der Waals surface area contributed by atoms with Crippen molar-refractivity contribution in [2.24, 2.45) is 15.7 Å². The highest BCUT2D eigenvalue weighted by atomic mass is 35.5. The molecule has 0 amide bonds. The number of nitrogens with two attached hydrogens (primary N) is 1. The first-order valence-corrected chi connectivity index (χ1v) is 6.03. The molecule has 9 nitrogen and oxygen atoms in total. The lowest BCUT2D eigenvalue weighted by Gasteiger charge is -2.19. The number of tetrazole rings is 1. The lowest BCUT2D eigenvalue weighted by atomic mass is 10.2. The molecule has 1 unspecified atom stereocenters. The minimum absolute atomic E-state index is 0.218. The Kier molecular flexibility index (Phi) is 3.17. The van der Waals surface area contributed by atoms with Gasteiger partial charge in [0.2, 0.25) is 5.96 Å². The maximum Gasteiger partial charge on any atom is 0.269 e. The Morgan fingerprint density at radius 2 is 2.10 bits per heavy atom. The number of anilines is 1. The van der Waals surface area contributed by atoms with Crippen LogP contribution in [0.15, 0.2) is 34.3 Å². The van der Waals surface area contributed by atoms with Gasteiger partial charge in [0.25, 0.3) is 5.95 Å². The third-order valence-corrected chi connectivity index (χ3v) is 2.86. The number of aromatic amines is 1. The van der Waals surface area contributed by atoms with E-state index in [1.807, 2.05) is 18.2 Å². The van der Waals surface area contributed by atoms with E-state index in [2.05, 4.69) is 41.2 Å². The first-order chi connectivity index (χ1) is 9.72. The first kappa shape index (κ1) is 12.4. The van der Waals surface area contributed by atoms with Gasteiger partial charge in [0.05, 0.1) is 0 Å². The summed E-state index contributed by atoms with van der Waals surface area (Å²) < 4.78 is 0. The minimum atomic E-state index is -0.528. The van der Waals surface area contributed by atoms with Crippen LogP contribution in [0.4, 0.5) is 5.95 Å². The molecule has 20 heavy (non-hydrogen) atoms. The Morgan fingerprint density at radius 3 is 2.85 bits per heavy atom. The van der Waals surface area contributed by atoms with E-state index in [9.17, 15) is 0 Å². The second-order valence-corrected chi connectivity index (χ2v) is 4.28. The molecule has 2 heterocycles. The zero-order valence-electron chi connectivity index (χ0n) is 10.1. The highest BCUT2D eigenvalue weighted by molar-refractivity contribution is 6.31. The molecular weight excluding hydrogens is 282 g/mol. The molecule has 2 aromatic rings. The summed E-state index contributed by atoms with van der Waals surface area (Å²) in [5.74, 6) is 0.851. The molecule has 0 bridgehead atoms. The molecule has 0 saturated carbocycles. The van der Waals surface area contributed by atoms with E-state index < -0.39 is 6.17 Å². The van der Waals surface area contributed by atoms with E-state index in [4.69, 9.17) is 17.3 Å². The molecule has 1 aliphatic rings. The average molecular weight is 292 g/mol. The van der Waals surface area contributed by atoms with E-state index in [1.165, 1.54) is 0 Å². The third-order valence-electron chi connectivity index (χ3n) is 2.52. The number of benzene rings is 1. The summed E-state index contributed by atoms with van der Waals surface area (Å²) >= 11 is 6.14. The molecule has 102 valence electrons. The number of aromatic nitrogens is 4. The number of aliphatic imine (C=N–C) groups is 2. The van der Waals surface area contributed by atoms with Gasteiger partial charge in [0, 0.05) is 10.6 Å². The molecule has 1 aliphatic heterocycles. The summed E-state index contributed by atoms with van der Waals surface area (Å²) in [6.45, 7) is 0. The molecule has 1 aromatic heterocycles. The van der Waals surface area contributed by atoms with Crippen molar-refractivity contribution in [2.45, 2.75) is 6.17 Å². The van der Waals surface area contributed by atoms with E-state index in [1.54, 1.807) is 6.07 Å². The summed E-state index contributed by atoms with van der Waals surface area (Å²) in [6.07, 6.45) is -0.528. The van der Waals surface area contributed by atoms with Crippen molar-refractivity contribution in [1.29, 1.82) is 0 Å². The second kappa shape index (κ2) is 5.13. The standard InChI is InChI=1S/C10H10ClN9/c11-6-4-2-1-3-5(6)7-13-8(12)15-9(14-7)16-10-17-19-20-18-10/h1-4,7H,(H5,12,13,14,15,16,17,18,19,20). The number of guanidine groups is 2. The number of nitrogens with one attached hydrogen (secondary N) is 3. The maximum absolute atomic E-state index is 6.14. The number of hydrogen-bond acceptors (Lipinski definition) is 8. The zero-order valence-corrected chi connectivity index (χ0v) is 10.8. The van der Waals surface area contributed by atoms with Crippen molar-refractivity contribution in [3.8, 4) is 0 Å². The van der Waals surface area contributed by atoms with Gasteiger partial charge < -0.3 is 5.73 Å².